The first-order chi connectivity index (χ1) is 17.1. The maximum atomic E-state index is 12.9. The van der Waals surface area contributed by atoms with Gasteiger partial charge in [0.15, 0.2) is 0 Å². The first kappa shape index (κ1) is 21.7. The van der Waals surface area contributed by atoms with Crippen molar-refractivity contribution in [3.05, 3.63) is 108 Å². The topological polar surface area (TPSA) is 141 Å². The Morgan fingerprint density at radius 2 is 1.83 bits per heavy atom. The highest BCUT2D eigenvalue weighted by Crippen LogP contribution is 2.23. The highest BCUT2D eigenvalue weighted by atomic mass is 16.5. The minimum atomic E-state index is -1.14. The molecule has 35 heavy (non-hydrogen) atoms. The molecular weight excluding hydrogens is 444 g/mol. The predicted molar refractivity (Wildman–Crippen MR) is 131 cm³/mol. The lowest BCUT2D eigenvalue weighted by molar-refractivity contribution is -0.117. The van der Waals surface area contributed by atoms with Crippen molar-refractivity contribution in [3.63, 3.8) is 0 Å². The molecule has 10 nitrogen and oxygen atoms in total. The van der Waals surface area contributed by atoms with Crippen molar-refractivity contribution in [3.8, 4) is 5.82 Å². The summed E-state index contributed by atoms with van der Waals surface area (Å²) in [6.45, 7) is 0. The molecule has 0 spiro atoms. The Balaban J connectivity index is 1.34. The number of hydrogen-bond acceptors (Lipinski definition) is 7. The predicted octanol–water partition coefficient (Wildman–Crippen LogP) is 2.95. The van der Waals surface area contributed by atoms with Gasteiger partial charge in [0, 0.05) is 29.7 Å². The normalized spacial score (nSPS) is 14.7. The molecule has 2 aromatic heterocycles. The number of aliphatic imine (C=N–C) groups is 1. The summed E-state index contributed by atoms with van der Waals surface area (Å²) in [6, 6.07) is 19.7. The van der Waals surface area contributed by atoms with Crippen LogP contribution in [-0.4, -0.2) is 44.2 Å². The SMILES string of the molecule is N=C(NC1N=C(c2ccccc2)c2ccccc2NC1=O)OC(=N)c1ccc(-n2ccnc2)nc1. The van der Waals surface area contributed by atoms with Gasteiger partial charge in [0.2, 0.25) is 12.1 Å². The standard InChI is InChI=1S/C25H20N8O2/c26-22(17-10-11-20(29-14-17)33-13-12-28-15-33)35-25(27)32-23-24(34)30-19-9-5-4-8-18(19)21(31-23)16-6-2-1-3-7-16/h1-15,23,26H,(H2,27,32)(H,30,34). The zero-order valence-corrected chi connectivity index (χ0v) is 18.3. The molecule has 0 fully saturated rings. The fraction of sp³-hybridized carbons (Fsp3) is 0.0400. The van der Waals surface area contributed by atoms with Crippen LogP contribution in [0.5, 0.6) is 0 Å². The van der Waals surface area contributed by atoms with Crippen LogP contribution in [0.4, 0.5) is 5.69 Å². The number of amidine groups is 1. The Labute approximate surface area is 200 Å². The molecule has 0 saturated heterocycles. The molecule has 3 heterocycles. The molecule has 0 aliphatic carbocycles. The Morgan fingerprint density at radius 3 is 2.57 bits per heavy atom. The molecule has 172 valence electrons. The second kappa shape index (κ2) is 9.40. The minimum absolute atomic E-state index is 0.295. The van der Waals surface area contributed by atoms with E-state index < -0.39 is 18.1 Å². The van der Waals surface area contributed by atoms with Crippen LogP contribution >= 0.6 is 0 Å². The van der Waals surface area contributed by atoms with E-state index in [0.717, 1.165) is 11.1 Å². The van der Waals surface area contributed by atoms with E-state index in [1.165, 1.54) is 6.20 Å². The number of hydrogen-bond donors (Lipinski definition) is 4. The number of aromatic nitrogens is 3. The van der Waals surface area contributed by atoms with E-state index in [4.69, 9.17) is 15.6 Å². The number of pyridine rings is 1. The van der Waals surface area contributed by atoms with Gasteiger partial charge in [0.1, 0.15) is 12.1 Å². The van der Waals surface area contributed by atoms with Crippen LogP contribution in [0.1, 0.15) is 16.7 Å². The third-order valence-corrected chi connectivity index (χ3v) is 5.24. The molecule has 1 aliphatic rings. The number of amides is 1. The van der Waals surface area contributed by atoms with Gasteiger partial charge in [-0.05, 0) is 18.2 Å². The molecule has 2 aromatic carbocycles. The van der Waals surface area contributed by atoms with Gasteiger partial charge in [-0.1, -0.05) is 48.5 Å². The Hall–Kier alpha value is -5.12. The van der Waals surface area contributed by atoms with Crippen molar-refractivity contribution >= 4 is 29.2 Å². The number of ether oxygens (including phenoxy) is 1. The number of benzodiazepines with no additional fused rings is 1. The minimum Gasteiger partial charge on any atom is -0.407 e. The molecule has 1 amide bonds. The van der Waals surface area contributed by atoms with E-state index in [-0.39, 0.29) is 5.90 Å². The molecular formula is C25H20N8O2. The summed E-state index contributed by atoms with van der Waals surface area (Å²) in [5.74, 6) is -0.115. The van der Waals surface area contributed by atoms with Crippen LogP contribution in [0, 0.1) is 10.8 Å². The van der Waals surface area contributed by atoms with Crippen LogP contribution in [0.3, 0.4) is 0 Å². The fourth-order valence-electron chi connectivity index (χ4n) is 3.56. The quantitative estimate of drug-likeness (QED) is 0.271. The molecule has 4 aromatic rings. The summed E-state index contributed by atoms with van der Waals surface area (Å²) in [7, 11) is 0. The van der Waals surface area contributed by atoms with Gasteiger partial charge in [0.05, 0.1) is 17.0 Å². The van der Waals surface area contributed by atoms with Crippen molar-refractivity contribution in [2.24, 2.45) is 4.99 Å². The van der Waals surface area contributed by atoms with E-state index in [1.54, 1.807) is 41.5 Å². The molecule has 1 atom stereocenters. The highest BCUT2D eigenvalue weighted by molar-refractivity contribution is 6.19. The molecule has 4 N–H and O–H groups in total. The number of rotatable bonds is 4. The largest absolute Gasteiger partial charge is 0.407 e. The third kappa shape index (κ3) is 4.67. The van der Waals surface area contributed by atoms with E-state index in [2.05, 4.69) is 25.6 Å². The van der Waals surface area contributed by atoms with Gasteiger partial charge in [0.25, 0.3) is 11.9 Å². The molecule has 1 unspecified atom stereocenters. The van der Waals surface area contributed by atoms with Crippen molar-refractivity contribution in [1.82, 2.24) is 19.9 Å². The second-order valence-corrected chi connectivity index (χ2v) is 7.56. The summed E-state index contributed by atoms with van der Waals surface area (Å²) in [4.78, 5) is 25.8. The summed E-state index contributed by atoms with van der Waals surface area (Å²) < 4.78 is 7.05. The van der Waals surface area contributed by atoms with E-state index in [9.17, 15) is 4.79 Å². The Morgan fingerprint density at radius 1 is 1.03 bits per heavy atom. The van der Waals surface area contributed by atoms with Crippen LogP contribution < -0.4 is 10.6 Å². The van der Waals surface area contributed by atoms with Gasteiger partial charge in [-0.3, -0.25) is 20.2 Å². The lowest BCUT2D eigenvalue weighted by atomic mass is 10.0. The maximum absolute atomic E-state index is 12.9. The number of nitrogens with one attached hydrogen (secondary N) is 4. The summed E-state index contributed by atoms with van der Waals surface area (Å²) in [5, 5.41) is 21.9. The van der Waals surface area contributed by atoms with E-state index in [1.807, 2.05) is 48.5 Å². The van der Waals surface area contributed by atoms with Crippen molar-refractivity contribution in [2.45, 2.75) is 6.17 Å². The fourth-order valence-corrected chi connectivity index (χ4v) is 3.56. The average Bonchev–Trinajstić information content (AvgIpc) is 3.38. The number of carbonyl (C=O) groups excluding carboxylic acids is 1. The van der Waals surface area contributed by atoms with Gasteiger partial charge in [-0.2, -0.15) is 0 Å². The Kier molecular flexibility index (Phi) is 5.83. The second-order valence-electron chi connectivity index (χ2n) is 7.56. The summed E-state index contributed by atoms with van der Waals surface area (Å²) in [6.07, 6.45) is 5.33. The van der Waals surface area contributed by atoms with Crippen LogP contribution in [0.2, 0.25) is 0 Å². The lowest BCUT2D eigenvalue weighted by Gasteiger charge is -2.15. The van der Waals surface area contributed by atoms with Gasteiger partial charge in [-0.25, -0.2) is 15.0 Å². The maximum Gasteiger partial charge on any atom is 0.290 e. The van der Waals surface area contributed by atoms with Crippen LogP contribution in [0.15, 0.2) is 96.6 Å². The van der Waals surface area contributed by atoms with E-state index >= 15 is 0 Å². The molecule has 0 saturated carbocycles. The highest BCUT2D eigenvalue weighted by Gasteiger charge is 2.27. The van der Waals surface area contributed by atoms with Gasteiger partial charge in [-0.15, -0.1) is 0 Å². The monoisotopic (exact) mass is 464 g/mol. The summed E-state index contributed by atoms with van der Waals surface area (Å²) in [5.41, 5.74) is 3.17. The first-order valence-corrected chi connectivity index (χ1v) is 10.7. The van der Waals surface area contributed by atoms with Crippen molar-refractivity contribution in [1.29, 1.82) is 10.8 Å². The Bertz CT molecular complexity index is 1410. The summed E-state index contributed by atoms with van der Waals surface area (Å²) >= 11 is 0. The first-order valence-electron chi connectivity index (χ1n) is 10.7. The van der Waals surface area contributed by atoms with Crippen LogP contribution in [-0.2, 0) is 9.53 Å². The molecule has 10 heteroatoms. The number of imidazole rings is 1. The molecule has 1 aliphatic heterocycles. The number of carbonyl (C=O) groups is 1. The number of para-hydroxylation sites is 1. The van der Waals surface area contributed by atoms with Crippen molar-refractivity contribution < 1.29 is 9.53 Å². The van der Waals surface area contributed by atoms with E-state index in [0.29, 0.717) is 22.8 Å². The van der Waals surface area contributed by atoms with Crippen LogP contribution in [0.25, 0.3) is 5.82 Å². The van der Waals surface area contributed by atoms with Crippen molar-refractivity contribution in [2.75, 3.05) is 5.32 Å². The number of anilines is 1. The van der Waals surface area contributed by atoms with Gasteiger partial charge < -0.3 is 15.4 Å². The lowest BCUT2D eigenvalue weighted by Crippen LogP contribution is -2.43. The number of fused-ring (bicyclic) bond motifs is 1. The molecule has 0 radical (unpaired) electrons. The zero-order valence-electron chi connectivity index (χ0n) is 18.3. The number of nitrogens with zero attached hydrogens (tertiary/aromatic N) is 4. The average molecular weight is 464 g/mol. The molecule has 5 rings (SSSR count). The molecule has 0 bridgehead atoms. The zero-order chi connectivity index (χ0) is 24.2. The third-order valence-electron chi connectivity index (χ3n) is 5.24. The van der Waals surface area contributed by atoms with Gasteiger partial charge >= 0.3 is 0 Å². The number of benzene rings is 2. The smallest absolute Gasteiger partial charge is 0.290 e.